The van der Waals surface area contributed by atoms with E-state index >= 15 is 0 Å². The number of carbonyl (C=O) groups is 3. The number of hydrazine groups is 1. The number of rotatable bonds is 7. The second-order valence-electron chi connectivity index (χ2n) is 8.37. The summed E-state index contributed by atoms with van der Waals surface area (Å²) in [6.07, 6.45) is 1.41. The van der Waals surface area contributed by atoms with Crippen LogP contribution in [-0.4, -0.2) is 52.0 Å². The fourth-order valence-electron chi connectivity index (χ4n) is 3.74. The van der Waals surface area contributed by atoms with Crippen molar-refractivity contribution in [2.24, 2.45) is 0 Å². The first-order chi connectivity index (χ1) is 16.3. The van der Waals surface area contributed by atoms with E-state index in [9.17, 15) is 19.5 Å². The number of carbonyl (C=O) groups excluding carboxylic acids is 3. The molecule has 1 saturated heterocycles. The highest BCUT2D eigenvalue weighted by molar-refractivity contribution is 8.01. The third-order valence-electron chi connectivity index (χ3n) is 6.01. The van der Waals surface area contributed by atoms with Crippen LogP contribution in [0.5, 0.6) is 5.75 Å². The van der Waals surface area contributed by atoms with E-state index < -0.39 is 23.6 Å². The molecule has 3 unspecified atom stereocenters. The first kappa shape index (κ1) is 23.8. The van der Waals surface area contributed by atoms with E-state index in [1.165, 1.54) is 0 Å². The van der Waals surface area contributed by atoms with Crippen LogP contribution >= 0.6 is 11.9 Å². The van der Waals surface area contributed by atoms with Crippen LogP contribution in [0, 0.1) is 0 Å². The predicted molar refractivity (Wildman–Crippen MR) is 127 cm³/mol. The molecule has 178 valence electrons. The van der Waals surface area contributed by atoms with Gasteiger partial charge in [0.1, 0.15) is 29.0 Å². The normalized spacial score (nSPS) is 22.9. The van der Waals surface area contributed by atoms with Crippen LogP contribution in [0.4, 0.5) is 0 Å². The van der Waals surface area contributed by atoms with Crippen molar-refractivity contribution in [3.05, 3.63) is 77.0 Å². The minimum absolute atomic E-state index is 0.0530. The second-order valence-corrected chi connectivity index (χ2v) is 9.20. The molecule has 2 amide bonds. The summed E-state index contributed by atoms with van der Waals surface area (Å²) < 4.78 is 5.43. The Morgan fingerprint density at radius 3 is 2.71 bits per heavy atom. The molecule has 0 radical (unpaired) electrons. The quantitative estimate of drug-likeness (QED) is 0.442. The summed E-state index contributed by atoms with van der Waals surface area (Å²) in [5.74, 6) is -0.769. The van der Waals surface area contributed by atoms with Crippen molar-refractivity contribution in [2.45, 2.75) is 38.0 Å². The molecular formula is C24H26N4O5S. The molecular weight excluding hydrogens is 456 g/mol. The van der Waals surface area contributed by atoms with Crippen LogP contribution in [0.15, 0.2) is 65.8 Å². The highest BCUT2D eigenvalue weighted by Gasteiger charge is 2.47. The van der Waals surface area contributed by atoms with E-state index in [0.717, 1.165) is 17.5 Å². The predicted octanol–water partition coefficient (Wildman–Crippen LogP) is 1.86. The van der Waals surface area contributed by atoms with Gasteiger partial charge in [-0.2, -0.15) is 4.83 Å². The lowest BCUT2D eigenvalue weighted by Crippen LogP contribution is -2.60. The number of hydrogen-bond donors (Lipinski definition) is 4. The van der Waals surface area contributed by atoms with Crippen molar-refractivity contribution < 1.29 is 24.2 Å². The Morgan fingerprint density at radius 1 is 1.26 bits per heavy atom. The van der Waals surface area contributed by atoms with E-state index in [0.29, 0.717) is 10.6 Å². The lowest BCUT2D eigenvalue weighted by Gasteiger charge is -2.32. The van der Waals surface area contributed by atoms with Gasteiger partial charge in [-0.25, -0.2) is 0 Å². The number of nitrogens with one attached hydrogen (secondary N) is 3. The van der Waals surface area contributed by atoms with Crippen molar-refractivity contribution in [2.75, 3.05) is 6.61 Å². The van der Waals surface area contributed by atoms with Gasteiger partial charge in [0.05, 0.1) is 6.10 Å². The molecule has 4 rings (SSSR count). The smallest absolute Gasteiger partial charge is 0.256 e. The average Bonchev–Trinajstić information content (AvgIpc) is 3.38. The molecule has 10 heteroatoms. The number of benzene rings is 2. The molecule has 9 nitrogen and oxygen atoms in total. The second kappa shape index (κ2) is 9.88. The van der Waals surface area contributed by atoms with E-state index in [1.54, 1.807) is 73.6 Å². The molecule has 2 aliphatic rings. The maximum Gasteiger partial charge on any atom is 0.256 e. The molecule has 0 aliphatic carbocycles. The number of amides is 2. The number of hydrogen-bond acceptors (Lipinski definition) is 8. The highest BCUT2D eigenvalue weighted by Crippen LogP contribution is 2.26. The van der Waals surface area contributed by atoms with Crippen molar-refractivity contribution in [3.8, 4) is 5.75 Å². The Bertz CT molecular complexity index is 1130. The van der Waals surface area contributed by atoms with Crippen LogP contribution in [0.2, 0.25) is 0 Å². The van der Waals surface area contributed by atoms with Crippen molar-refractivity contribution in [1.29, 1.82) is 0 Å². The monoisotopic (exact) mass is 482 g/mol. The van der Waals surface area contributed by atoms with Gasteiger partial charge >= 0.3 is 0 Å². The molecule has 34 heavy (non-hydrogen) atoms. The summed E-state index contributed by atoms with van der Waals surface area (Å²) >= 11 is 1.16. The minimum atomic E-state index is -1.14. The first-order valence-corrected chi connectivity index (χ1v) is 11.6. The summed E-state index contributed by atoms with van der Waals surface area (Å²) in [7, 11) is 0. The maximum absolute atomic E-state index is 13.4. The van der Waals surface area contributed by atoms with Crippen LogP contribution in [-0.2, 0) is 20.7 Å². The fraction of sp³-hybridized carbons (Fsp3) is 0.292. The fourth-order valence-corrected chi connectivity index (χ4v) is 4.44. The first-order valence-electron chi connectivity index (χ1n) is 10.8. The number of phenols is 1. The van der Waals surface area contributed by atoms with Gasteiger partial charge in [-0.1, -0.05) is 30.3 Å². The molecule has 2 heterocycles. The lowest BCUT2D eigenvalue weighted by atomic mass is 9.92. The molecule has 2 aromatic rings. The topological polar surface area (TPSA) is 120 Å². The largest absolute Gasteiger partial charge is 0.508 e. The number of nitrogens with zero attached hydrogens (tertiary/aromatic N) is 1. The zero-order valence-electron chi connectivity index (χ0n) is 18.8. The zero-order chi connectivity index (χ0) is 24.3. The molecule has 1 fully saturated rings. The molecule has 4 N–H and O–H groups in total. The van der Waals surface area contributed by atoms with Crippen LogP contribution < -0.4 is 15.5 Å². The third kappa shape index (κ3) is 5.09. The number of ketones is 1. The molecule has 0 aromatic heterocycles. The summed E-state index contributed by atoms with van der Waals surface area (Å²) in [4.78, 5) is 41.4. The van der Waals surface area contributed by atoms with E-state index in [1.807, 2.05) is 6.07 Å². The SMILES string of the molecule is CC1OCC(=O)C1(C)NC(=O)C(Cc1cccc(O)c1)N1C=C(NC(=O)c2ccccc2)SN1. The Hall–Kier alpha value is -3.34. The van der Waals surface area contributed by atoms with Crippen LogP contribution in [0.25, 0.3) is 0 Å². The van der Waals surface area contributed by atoms with Crippen molar-refractivity contribution >= 4 is 29.5 Å². The Kier molecular flexibility index (Phi) is 6.92. The summed E-state index contributed by atoms with van der Waals surface area (Å²) in [5, 5.41) is 17.6. The summed E-state index contributed by atoms with van der Waals surface area (Å²) in [6.45, 7) is 3.35. The molecule has 3 atom stereocenters. The van der Waals surface area contributed by atoms with Crippen LogP contribution in [0.3, 0.4) is 0 Å². The van der Waals surface area contributed by atoms with Gasteiger partial charge in [0.2, 0.25) is 5.91 Å². The highest BCUT2D eigenvalue weighted by atomic mass is 32.2. The summed E-state index contributed by atoms with van der Waals surface area (Å²) in [6, 6.07) is 14.7. The zero-order valence-corrected chi connectivity index (χ0v) is 19.6. The Morgan fingerprint density at radius 2 is 2.03 bits per heavy atom. The number of aromatic hydroxyl groups is 1. The van der Waals surface area contributed by atoms with Gasteiger partial charge in [0.15, 0.2) is 5.78 Å². The third-order valence-corrected chi connectivity index (χ3v) is 6.74. The van der Waals surface area contributed by atoms with Crippen molar-refractivity contribution in [1.82, 2.24) is 20.5 Å². The van der Waals surface area contributed by atoms with E-state index in [4.69, 9.17) is 4.74 Å². The molecule has 0 saturated carbocycles. The average molecular weight is 483 g/mol. The van der Waals surface area contributed by atoms with E-state index in [-0.39, 0.29) is 30.5 Å². The van der Waals surface area contributed by atoms with Crippen molar-refractivity contribution in [3.63, 3.8) is 0 Å². The maximum atomic E-state index is 13.4. The molecule has 2 aromatic carbocycles. The Labute approximate surface area is 201 Å². The number of ether oxygens (including phenoxy) is 1. The Balaban J connectivity index is 1.54. The van der Waals surface area contributed by atoms with Gasteiger partial charge in [-0.3, -0.25) is 19.4 Å². The van der Waals surface area contributed by atoms with E-state index in [2.05, 4.69) is 15.5 Å². The lowest BCUT2D eigenvalue weighted by molar-refractivity contribution is -0.132. The van der Waals surface area contributed by atoms with Gasteiger partial charge in [0, 0.05) is 18.2 Å². The van der Waals surface area contributed by atoms with Gasteiger partial charge in [-0.15, -0.1) is 0 Å². The number of Topliss-reactive ketones (excluding diaryl/α,β-unsaturated/α-hetero) is 1. The van der Waals surface area contributed by atoms with Gasteiger partial charge in [-0.05, 0) is 55.6 Å². The molecule has 2 aliphatic heterocycles. The van der Waals surface area contributed by atoms with Gasteiger partial charge < -0.3 is 20.5 Å². The summed E-state index contributed by atoms with van der Waals surface area (Å²) in [5.41, 5.74) is 0.0993. The number of phenolic OH excluding ortho intramolecular Hbond substituents is 1. The van der Waals surface area contributed by atoms with Gasteiger partial charge in [0.25, 0.3) is 5.91 Å². The minimum Gasteiger partial charge on any atom is -0.508 e. The standard InChI is InChI=1S/C24H26N4O5S/c1-15-24(2,20(30)14-33-15)26-23(32)19(12-16-7-6-10-18(29)11-16)28-13-21(34-27-28)25-22(31)17-8-4-3-5-9-17/h3-11,13,15,19,27,29H,12,14H2,1-2H3,(H,25,31)(H,26,32). The molecule has 0 spiro atoms. The van der Waals surface area contributed by atoms with Crippen LogP contribution in [0.1, 0.15) is 29.8 Å². The molecule has 0 bridgehead atoms.